The monoisotopic (exact) mass is 363 g/mol. The van der Waals surface area contributed by atoms with Crippen molar-refractivity contribution in [3.8, 4) is 0 Å². The highest BCUT2D eigenvalue weighted by molar-refractivity contribution is 5.82. The van der Waals surface area contributed by atoms with E-state index in [4.69, 9.17) is 0 Å². The van der Waals surface area contributed by atoms with Crippen LogP contribution in [0.4, 0.5) is 13.2 Å². The number of hydrogen-bond acceptors (Lipinski definition) is 3. The van der Waals surface area contributed by atoms with E-state index in [-0.39, 0.29) is 18.5 Å². The lowest BCUT2D eigenvalue weighted by Crippen LogP contribution is -2.57. The van der Waals surface area contributed by atoms with Gasteiger partial charge >= 0.3 is 6.18 Å². The summed E-state index contributed by atoms with van der Waals surface area (Å²) in [4.78, 5) is 22.6. The molecule has 0 aromatic rings. The van der Waals surface area contributed by atoms with Crippen molar-refractivity contribution in [1.82, 2.24) is 20.0 Å². The molecule has 2 aliphatic rings. The third-order valence-electron chi connectivity index (χ3n) is 4.84. The maximum Gasteiger partial charge on any atom is 0.390 e. The molecule has 6 nitrogen and oxygen atoms in total. The minimum atomic E-state index is -4.17. The van der Waals surface area contributed by atoms with Crippen molar-refractivity contribution in [3.05, 3.63) is 0 Å². The number of likely N-dealkylation sites (tertiary alicyclic amines) is 1. The van der Waals surface area contributed by atoms with Crippen LogP contribution in [0.15, 0.2) is 4.99 Å². The molecule has 1 atom stereocenters. The van der Waals surface area contributed by atoms with Crippen LogP contribution in [0.2, 0.25) is 0 Å². The molecule has 2 fully saturated rings. The topological polar surface area (TPSA) is 51.2 Å². The summed E-state index contributed by atoms with van der Waals surface area (Å²) in [6.07, 6.45) is -2.90. The number of guanidine groups is 1. The summed E-state index contributed by atoms with van der Waals surface area (Å²) in [6, 6.07) is -0.152. The molecule has 0 aliphatic carbocycles. The molecular weight excluding hydrogens is 335 g/mol. The first kappa shape index (κ1) is 19.8. The van der Waals surface area contributed by atoms with Gasteiger partial charge in [0.2, 0.25) is 5.91 Å². The Labute approximate surface area is 147 Å². The summed E-state index contributed by atoms with van der Waals surface area (Å²) < 4.78 is 36.8. The quantitative estimate of drug-likeness (QED) is 0.601. The number of aliphatic imine (C=N–C) groups is 1. The largest absolute Gasteiger partial charge is 0.390 e. The number of nitrogens with zero attached hydrogens (tertiary/aromatic N) is 4. The third-order valence-corrected chi connectivity index (χ3v) is 4.84. The second-order valence-corrected chi connectivity index (χ2v) is 6.57. The predicted octanol–water partition coefficient (Wildman–Crippen LogP) is 1.14. The molecule has 2 rings (SSSR count). The van der Waals surface area contributed by atoms with E-state index in [2.05, 4.69) is 15.2 Å². The second kappa shape index (κ2) is 8.73. The number of amides is 1. The van der Waals surface area contributed by atoms with Crippen LogP contribution in [-0.2, 0) is 4.79 Å². The number of halogens is 3. The van der Waals surface area contributed by atoms with Crippen LogP contribution in [0, 0.1) is 0 Å². The van der Waals surface area contributed by atoms with Crippen molar-refractivity contribution in [2.45, 2.75) is 38.4 Å². The molecule has 2 heterocycles. The Hall–Kier alpha value is -1.51. The molecule has 0 radical (unpaired) electrons. The number of carbonyl (C=O) groups excluding carboxylic acids is 1. The summed E-state index contributed by atoms with van der Waals surface area (Å²) in [5, 5.41) is 2.77. The molecule has 25 heavy (non-hydrogen) atoms. The Balaban J connectivity index is 1.78. The summed E-state index contributed by atoms with van der Waals surface area (Å²) in [5.74, 6) is 0.668. The number of carbonyl (C=O) groups is 1. The van der Waals surface area contributed by atoms with E-state index >= 15 is 0 Å². The van der Waals surface area contributed by atoms with Gasteiger partial charge in [0.1, 0.15) is 0 Å². The minimum Gasteiger partial charge on any atom is -0.356 e. The summed E-state index contributed by atoms with van der Waals surface area (Å²) in [5.41, 5.74) is 0. The van der Waals surface area contributed by atoms with Gasteiger partial charge in [0.15, 0.2) is 5.96 Å². The van der Waals surface area contributed by atoms with Crippen LogP contribution in [-0.4, -0.2) is 91.6 Å². The molecule has 0 saturated carbocycles. The van der Waals surface area contributed by atoms with Crippen molar-refractivity contribution in [2.24, 2.45) is 4.99 Å². The van der Waals surface area contributed by atoms with E-state index in [1.807, 2.05) is 16.7 Å². The number of rotatable bonds is 4. The lowest BCUT2D eigenvalue weighted by atomic mass is 10.2. The minimum absolute atomic E-state index is 0.152. The average molecular weight is 363 g/mol. The van der Waals surface area contributed by atoms with Gasteiger partial charge in [0.05, 0.1) is 12.5 Å². The number of nitrogens with one attached hydrogen (secondary N) is 1. The normalized spacial score (nSPS) is 21.6. The molecule has 0 spiro atoms. The third kappa shape index (κ3) is 5.76. The lowest BCUT2D eigenvalue weighted by Gasteiger charge is -2.39. The fourth-order valence-electron chi connectivity index (χ4n) is 3.33. The van der Waals surface area contributed by atoms with E-state index in [0.29, 0.717) is 32.1 Å². The van der Waals surface area contributed by atoms with Gasteiger partial charge in [-0.1, -0.05) is 0 Å². The van der Waals surface area contributed by atoms with Gasteiger partial charge in [0, 0.05) is 52.9 Å². The summed E-state index contributed by atoms with van der Waals surface area (Å²) in [6.45, 7) is 6.12. The molecule has 2 saturated heterocycles. The maximum absolute atomic E-state index is 12.5. The molecule has 2 aliphatic heterocycles. The lowest BCUT2D eigenvalue weighted by molar-refractivity contribution is -0.135. The number of piperazine rings is 1. The molecule has 0 bridgehead atoms. The van der Waals surface area contributed by atoms with Crippen LogP contribution in [0.1, 0.15) is 26.2 Å². The number of alkyl halides is 3. The highest BCUT2D eigenvalue weighted by Crippen LogP contribution is 2.18. The van der Waals surface area contributed by atoms with Gasteiger partial charge < -0.3 is 15.1 Å². The van der Waals surface area contributed by atoms with Crippen LogP contribution in [0.25, 0.3) is 0 Å². The molecule has 144 valence electrons. The Morgan fingerprint density at radius 1 is 1.08 bits per heavy atom. The highest BCUT2D eigenvalue weighted by Gasteiger charge is 2.31. The average Bonchev–Trinajstić information content (AvgIpc) is 3.11. The van der Waals surface area contributed by atoms with E-state index in [9.17, 15) is 18.0 Å². The molecule has 1 N–H and O–H groups in total. The Bertz CT molecular complexity index is 469. The van der Waals surface area contributed by atoms with Crippen molar-refractivity contribution in [1.29, 1.82) is 0 Å². The summed E-state index contributed by atoms with van der Waals surface area (Å²) >= 11 is 0. The van der Waals surface area contributed by atoms with Gasteiger partial charge in [0.25, 0.3) is 0 Å². The van der Waals surface area contributed by atoms with Gasteiger partial charge in [-0.05, 0) is 19.8 Å². The van der Waals surface area contributed by atoms with E-state index in [1.54, 1.807) is 7.05 Å². The van der Waals surface area contributed by atoms with Crippen LogP contribution < -0.4 is 5.32 Å². The highest BCUT2D eigenvalue weighted by atomic mass is 19.4. The standard InChI is InChI=1S/C16H28F3N5O/c1-13(14(25)23-7-3-4-8-23)22-9-11-24(12-10-22)15(20-2)21-6-5-16(17,18)19/h13H,3-12H2,1-2H3,(H,20,21). The van der Waals surface area contributed by atoms with Crippen LogP contribution >= 0.6 is 0 Å². The number of hydrogen-bond donors (Lipinski definition) is 1. The van der Waals surface area contributed by atoms with Crippen molar-refractivity contribution < 1.29 is 18.0 Å². The fourth-order valence-corrected chi connectivity index (χ4v) is 3.33. The molecular formula is C16H28F3N5O. The molecule has 0 aromatic heterocycles. The second-order valence-electron chi connectivity index (χ2n) is 6.57. The van der Waals surface area contributed by atoms with Crippen LogP contribution in [0.5, 0.6) is 0 Å². The van der Waals surface area contributed by atoms with Gasteiger partial charge in [-0.15, -0.1) is 0 Å². The van der Waals surface area contributed by atoms with Gasteiger partial charge in [-0.25, -0.2) is 0 Å². The van der Waals surface area contributed by atoms with Gasteiger partial charge in [-0.3, -0.25) is 14.7 Å². The van der Waals surface area contributed by atoms with Gasteiger partial charge in [-0.2, -0.15) is 13.2 Å². The van der Waals surface area contributed by atoms with Crippen molar-refractivity contribution >= 4 is 11.9 Å². The Morgan fingerprint density at radius 3 is 2.20 bits per heavy atom. The maximum atomic E-state index is 12.5. The fraction of sp³-hybridized carbons (Fsp3) is 0.875. The zero-order valence-corrected chi connectivity index (χ0v) is 15.0. The first-order valence-electron chi connectivity index (χ1n) is 8.87. The first-order chi connectivity index (χ1) is 11.8. The SMILES string of the molecule is CN=C(NCCC(F)(F)F)N1CCN(C(C)C(=O)N2CCCC2)CC1. The zero-order valence-electron chi connectivity index (χ0n) is 15.0. The van der Waals surface area contributed by atoms with Crippen molar-refractivity contribution in [3.63, 3.8) is 0 Å². The molecule has 1 amide bonds. The van der Waals surface area contributed by atoms with Crippen molar-refractivity contribution in [2.75, 3.05) is 52.9 Å². The van der Waals surface area contributed by atoms with Crippen LogP contribution in [0.3, 0.4) is 0 Å². The molecule has 9 heteroatoms. The molecule has 0 aromatic carbocycles. The Kier molecular flexibility index (Phi) is 6.92. The van der Waals surface area contributed by atoms with E-state index in [0.717, 1.165) is 25.9 Å². The predicted molar refractivity (Wildman–Crippen MR) is 90.5 cm³/mol. The zero-order chi connectivity index (χ0) is 18.4. The van der Waals surface area contributed by atoms with E-state index < -0.39 is 12.6 Å². The summed E-state index contributed by atoms with van der Waals surface area (Å²) in [7, 11) is 1.57. The first-order valence-corrected chi connectivity index (χ1v) is 8.87. The Morgan fingerprint density at radius 2 is 1.68 bits per heavy atom. The molecule has 1 unspecified atom stereocenters. The van der Waals surface area contributed by atoms with E-state index in [1.165, 1.54) is 0 Å². The smallest absolute Gasteiger partial charge is 0.356 e.